The van der Waals surface area contributed by atoms with E-state index in [1.807, 2.05) is 30.3 Å². The van der Waals surface area contributed by atoms with E-state index in [9.17, 15) is 9.59 Å². The van der Waals surface area contributed by atoms with Crippen molar-refractivity contribution in [3.63, 3.8) is 0 Å². The number of halogens is 1. The monoisotopic (exact) mass is 312 g/mol. The molecule has 22 heavy (non-hydrogen) atoms. The Labute approximate surface area is 132 Å². The second kappa shape index (κ2) is 4.92. The molecule has 5 heteroatoms. The molecule has 0 spiro atoms. The van der Waals surface area contributed by atoms with Gasteiger partial charge in [-0.2, -0.15) is 0 Å². The molecule has 0 radical (unpaired) electrons. The minimum atomic E-state index is -0.344. The lowest BCUT2D eigenvalue weighted by Crippen LogP contribution is -2.31. The standard InChI is InChI=1S/C17H13ClN2O2/c18-11-6-7-12-13(9-11)17(22)20(16(12)21)14-5-1-3-10-4-2-8-19-15(10)14/h1-6,8,12-13H,7,9H2/t12-,13+/m1/s1. The number of hydrogen-bond donors (Lipinski definition) is 0. The van der Waals surface area contributed by atoms with E-state index in [0.29, 0.717) is 29.1 Å². The van der Waals surface area contributed by atoms with Crippen LogP contribution in [-0.2, 0) is 9.59 Å². The number of carbonyl (C=O) groups is 2. The van der Waals surface area contributed by atoms with Crippen LogP contribution in [0.3, 0.4) is 0 Å². The maximum absolute atomic E-state index is 12.7. The maximum atomic E-state index is 12.7. The summed E-state index contributed by atoms with van der Waals surface area (Å²) in [5.74, 6) is -0.953. The lowest BCUT2D eigenvalue weighted by Gasteiger charge is -2.17. The highest BCUT2D eigenvalue weighted by atomic mass is 35.5. The Morgan fingerprint density at radius 2 is 1.86 bits per heavy atom. The van der Waals surface area contributed by atoms with Crippen LogP contribution in [0, 0.1) is 11.8 Å². The van der Waals surface area contributed by atoms with Crippen molar-refractivity contribution < 1.29 is 9.59 Å². The van der Waals surface area contributed by atoms with E-state index < -0.39 is 0 Å². The van der Waals surface area contributed by atoms with Crippen molar-refractivity contribution in [3.8, 4) is 0 Å². The normalized spacial score (nSPS) is 24.6. The molecule has 1 saturated heterocycles. The molecule has 0 bridgehead atoms. The fourth-order valence-electron chi connectivity index (χ4n) is 3.33. The highest BCUT2D eigenvalue weighted by Crippen LogP contribution is 2.41. The number of imide groups is 1. The summed E-state index contributed by atoms with van der Waals surface area (Å²) in [5.41, 5.74) is 1.24. The van der Waals surface area contributed by atoms with Crippen LogP contribution < -0.4 is 4.90 Å². The minimum Gasteiger partial charge on any atom is -0.274 e. The molecular formula is C17H13ClN2O2. The molecule has 1 aromatic carbocycles. The Balaban J connectivity index is 1.83. The van der Waals surface area contributed by atoms with Crippen LogP contribution in [0.2, 0.25) is 0 Å². The number of carbonyl (C=O) groups excluding carboxylic acids is 2. The van der Waals surface area contributed by atoms with Gasteiger partial charge in [0.15, 0.2) is 0 Å². The van der Waals surface area contributed by atoms with Gasteiger partial charge in [-0.05, 0) is 25.0 Å². The molecule has 1 aliphatic carbocycles. The predicted molar refractivity (Wildman–Crippen MR) is 84.4 cm³/mol. The summed E-state index contributed by atoms with van der Waals surface area (Å²) in [6, 6.07) is 9.29. The number of aromatic nitrogens is 1. The van der Waals surface area contributed by atoms with Crippen molar-refractivity contribution >= 4 is 40.0 Å². The van der Waals surface area contributed by atoms with E-state index in [-0.39, 0.29) is 23.7 Å². The Morgan fingerprint density at radius 3 is 2.73 bits per heavy atom. The van der Waals surface area contributed by atoms with Crippen LogP contribution in [-0.4, -0.2) is 16.8 Å². The molecule has 1 aromatic heterocycles. The number of rotatable bonds is 1. The van der Waals surface area contributed by atoms with Gasteiger partial charge in [-0.3, -0.25) is 14.6 Å². The first-order chi connectivity index (χ1) is 10.7. The van der Waals surface area contributed by atoms with Crippen molar-refractivity contribution in [2.45, 2.75) is 12.8 Å². The Hall–Kier alpha value is -2.20. The number of para-hydroxylation sites is 1. The summed E-state index contributed by atoms with van der Waals surface area (Å²) < 4.78 is 0. The van der Waals surface area contributed by atoms with Crippen LogP contribution >= 0.6 is 11.6 Å². The van der Waals surface area contributed by atoms with Gasteiger partial charge in [-0.25, -0.2) is 4.90 Å². The molecule has 2 aliphatic rings. The molecule has 1 fully saturated rings. The number of allylic oxidation sites excluding steroid dienone is 2. The topological polar surface area (TPSA) is 50.3 Å². The molecule has 4 nitrogen and oxygen atoms in total. The average Bonchev–Trinajstić information content (AvgIpc) is 2.78. The molecular weight excluding hydrogens is 300 g/mol. The molecule has 2 atom stereocenters. The Bertz CT molecular complexity index is 825. The van der Waals surface area contributed by atoms with E-state index in [2.05, 4.69) is 4.98 Å². The first-order valence-electron chi connectivity index (χ1n) is 7.23. The van der Waals surface area contributed by atoms with Gasteiger partial charge in [-0.1, -0.05) is 35.9 Å². The number of benzene rings is 1. The van der Waals surface area contributed by atoms with Crippen LogP contribution in [0.4, 0.5) is 5.69 Å². The molecule has 0 saturated carbocycles. The van der Waals surface area contributed by atoms with Crippen molar-refractivity contribution in [3.05, 3.63) is 47.6 Å². The fraction of sp³-hybridized carbons (Fsp3) is 0.235. The first-order valence-corrected chi connectivity index (χ1v) is 7.60. The Morgan fingerprint density at radius 1 is 1.09 bits per heavy atom. The Kier molecular flexibility index (Phi) is 3.01. The van der Waals surface area contributed by atoms with E-state index in [1.54, 1.807) is 12.3 Å². The second-order valence-corrected chi connectivity index (χ2v) is 6.15. The smallest absolute Gasteiger partial charge is 0.238 e. The van der Waals surface area contributed by atoms with Gasteiger partial charge in [-0.15, -0.1) is 0 Å². The zero-order valence-corrected chi connectivity index (χ0v) is 12.5. The molecule has 4 rings (SSSR count). The van der Waals surface area contributed by atoms with Gasteiger partial charge in [0.1, 0.15) is 0 Å². The zero-order chi connectivity index (χ0) is 15.3. The minimum absolute atomic E-state index is 0.145. The molecule has 2 heterocycles. The summed E-state index contributed by atoms with van der Waals surface area (Å²) >= 11 is 6.05. The summed E-state index contributed by atoms with van der Waals surface area (Å²) in [7, 11) is 0. The largest absolute Gasteiger partial charge is 0.274 e. The summed E-state index contributed by atoms with van der Waals surface area (Å²) in [6.07, 6.45) is 4.50. The van der Waals surface area contributed by atoms with Gasteiger partial charge in [0, 0.05) is 16.6 Å². The quantitative estimate of drug-likeness (QED) is 0.759. The lowest BCUT2D eigenvalue weighted by atomic mass is 9.85. The summed E-state index contributed by atoms with van der Waals surface area (Å²) in [4.78, 5) is 31.1. The number of anilines is 1. The highest BCUT2D eigenvalue weighted by molar-refractivity contribution is 6.31. The number of nitrogens with zero attached hydrogens (tertiary/aromatic N) is 2. The van der Waals surface area contributed by atoms with E-state index in [4.69, 9.17) is 11.6 Å². The van der Waals surface area contributed by atoms with E-state index >= 15 is 0 Å². The van der Waals surface area contributed by atoms with E-state index in [1.165, 1.54) is 4.90 Å². The number of pyridine rings is 1. The van der Waals surface area contributed by atoms with Gasteiger partial charge in [0.25, 0.3) is 0 Å². The van der Waals surface area contributed by atoms with Gasteiger partial charge in [0.05, 0.1) is 23.0 Å². The maximum Gasteiger partial charge on any atom is 0.238 e. The first kappa shape index (κ1) is 13.5. The molecule has 1 aliphatic heterocycles. The zero-order valence-electron chi connectivity index (χ0n) is 11.7. The molecule has 0 N–H and O–H groups in total. The molecule has 0 unspecified atom stereocenters. The van der Waals surface area contributed by atoms with Crippen LogP contribution in [0.5, 0.6) is 0 Å². The molecule has 2 aromatic rings. The average molecular weight is 313 g/mol. The third-order valence-corrected chi connectivity index (χ3v) is 4.73. The molecule has 2 amide bonds. The SMILES string of the molecule is O=C1[C@H]2CC(Cl)=CC[C@H]2C(=O)N1c1cccc2cccnc12. The van der Waals surface area contributed by atoms with Crippen molar-refractivity contribution in [1.29, 1.82) is 0 Å². The number of amides is 2. The summed E-state index contributed by atoms with van der Waals surface area (Å²) in [5, 5.41) is 1.58. The fourth-order valence-corrected chi connectivity index (χ4v) is 3.59. The van der Waals surface area contributed by atoms with Gasteiger partial charge >= 0.3 is 0 Å². The van der Waals surface area contributed by atoms with Crippen molar-refractivity contribution in [2.75, 3.05) is 4.90 Å². The number of fused-ring (bicyclic) bond motifs is 2. The summed E-state index contributed by atoms with van der Waals surface area (Å²) in [6.45, 7) is 0. The third kappa shape index (κ3) is 1.87. The number of hydrogen-bond acceptors (Lipinski definition) is 3. The highest BCUT2D eigenvalue weighted by Gasteiger charge is 2.49. The second-order valence-electron chi connectivity index (χ2n) is 5.67. The van der Waals surface area contributed by atoms with E-state index in [0.717, 1.165) is 5.39 Å². The van der Waals surface area contributed by atoms with Crippen LogP contribution in [0.1, 0.15) is 12.8 Å². The van der Waals surface area contributed by atoms with Crippen LogP contribution in [0.25, 0.3) is 10.9 Å². The lowest BCUT2D eigenvalue weighted by molar-refractivity contribution is -0.122. The predicted octanol–water partition coefficient (Wildman–Crippen LogP) is 3.26. The van der Waals surface area contributed by atoms with Crippen molar-refractivity contribution in [1.82, 2.24) is 4.98 Å². The van der Waals surface area contributed by atoms with Gasteiger partial charge < -0.3 is 0 Å². The van der Waals surface area contributed by atoms with Crippen LogP contribution in [0.15, 0.2) is 47.6 Å². The van der Waals surface area contributed by atoms with Gasteiger partial charge in [0.2, 0.25) is 11.8 Å². The van der Waals surface area contributed by atoms with Crippen molar-refractivity contribution in [2.24, 2.45) is 11.8 Å². The molecule has 110 valence electrons. The third-order valence-electron chi connectivity index (χ3n) is 4.42.